The standard InChI is InChI=1S/C23H23F4N3O/c1-12-9-16(17(24)11-18(12)28)13(2)29-21(31)15-5-7-19-14(10-15)6-8-20(30-19)22(3,4)23(25,26)27/h5-11,13H,28H2,1-4H3,(H,29,31)/t13-/m1/s1. The summed E-state index contributed by atoms with van der Waals surface area (Å²) in [4.78, 5) is 16.8. The van der Waals surface area contributed by atoms with Gasteiger partial charge in [-0.15, -0.1) is 0 Å². The molecule has 1 heterocycles. The Morgan fingerprint density at radius 1 is 1.10 bits per heavy atom. The molecule has 1 amide bonds. The number of nitrogens with zero attached hydrogens (tertiary/aromatic N) is 1. The summed E-state index contributed by atoms with van der Waals surface area (Å²) in [6.45, 7) is 5.54. The molecule has 31 heavy (non-hydrogen) atoms. The quantitative estimate of drug-likeness (QED) is 0.416. The highest BCUT2D eigenvalue weighted by molar-refractivity contribution is 5.98. The molecule has 2 aromatic carbocycles. The number of nitrogens with two attached hydrogens (primary N) is 1. The minimum atomic E-state index is -4.45. The largest absolute Gasteiger partial charge is 0.399 e. The highest BCUT2D eigenvalue weighted by atomic mass is 19.4. The van der Waals surface area contributed by atoms with Gasteiger partial charge in [0.25, 0.3) is 5.91 Å². The first-order chi connectivity index (χ1) is 14.3. The number of aryl methyl sites for hydroxylation is 1. The predicted molar refractivity (Wildman–Crippen MR) is 112 cm³/mol. The highest BCUT2D eigenvalue weighted by Gasteiger charge is 2.49. The van der Waals surface area contributed by atoms with Gasteiger partial charge >= 0.3 is 6.18 Å². The molecule has 0 bridgehead atoms. The molecule has 3 aromatic rings. The zero-order valence-electron chi connectivity index (χ0n) is 17.6. The van der Waals surface area contributed by atoms with Crippen LogP contribution in [-0.4, -0.2) is 17.1 Å². The Bertz CT molecular complexity index is 1160. The third-order valence-electron chi connectivity index (χ3n) is 5.50. The number of carbonyl (C=O) groups is 1. The van der Waals surface area contributed by atoms with E-state index in [0.717, 1.165) is 13.8 Å². The number of hydrogen-bond donors (Lipinski definition) is 2. The van der Waals surface area contributed by atoms with E-state index >= 15 is 0 Å². The average molecular weight is 433 g/mol. The summed E-state index contributed by atoms with van der Waals surface area (Å²) >= 11 is 0. The second-order valence-electron chi connectivity index (χ2n) is 8.15. The number of fused-ring (bicyclic) bond motifs is 1. The van der Waals surface area contributed by atoms with Gasteiger partial charge < -0.3 is 11.1 Å². The lowest BCUT2D eigenvalue weighted by atomic mass is 9.87. The number of aromatic nitrogens is 1. The van der Waals surface area contributed by atoms with Crippen LogP contribution in [0.3, 0.4) is 0 Å². The molecule has 164 valence electrons. The lowest BCUT2D eigenvalue weighted by Crippen LogP contribution is -2.37. The normalized spacial score (nSPS) is 13.3. The summed E-state index contributed by atoms with van der Waals surface area (Å²) in [5.41, 5.74) is 5.46. The van der Waals surface area contributed by atoms with E-state index in [2.05, 4.69) is 10.3 Å². The van der Waals surface area contributed by atoms with Crippen molar-refractivity contribution in [3.8, 4) is 0 Å². The summed E-state index contributed by atoms with van der Waals surface area (Å²) in [7, 11) is 0. The Balaban J connectivity index is 1.86. The van der Waals surface area contributed by atoms with E-state index < -0.39 is 29.4 Å². The van der Waals surface area contributed by atoms with Gasteiger partial charge in [-0.3, -0.25) is 9.78 Å². The number of hydrogen-bond acceptors (Lipinski definition) is 3. The fraction of sp³-hybridized carbons (Fsp3) is 0.304. The van der Waals surface area contributed by atoms with Crippen molar-refractivity contribution in [3.63, 3.8) is 0 Å². The minimum absolute atomic E-state index is 0.104. The topological polar surface area (TPSA) is 68.0 Å². The number of nitrogen functional groups attached to an aromatic ring is 1. The Labute approximate surface area is 177 Å². The third kappa shape index (κ3) is 4.33. The van der Waals surface area contributed by atoms with Gasteiger partial charge in [-0.05, 0) is 69.7 Å². The van der Waals surface area contributed by atoms with Crippen molar-refractivity contribution >= 4 is 22.5 Å². The molecular formula is C23H23F4N3O. The monoisotopic (exact) mass is 433 g/mol. The van der Waals surface area contributed by atoms with E-state index in [1.807, 2.05) is 0 Å². The summed E-state index contributed by atoms with van der Waals surface area (Å²) in [6.07, 6.45) is -4.45. The van der Waals surface area contributed by atoms with Crippen molar-refractivity contribution in [2.45, 2.75) is 45.3 Å². The predicted octanol–water partition coefficient (Wildman–Crippen LogP) is 5.60. The van der Waals surface area contributed by atoms with Gasteiger partial charge in [0.2, 0.25) is 0 Å². The Morgan fingerprint density at radius 3 is 2.42 bits per heavy atom. The molecule has 3 rings (SSSR count). The molecule has 4 nitrogen and oxygen atoms in total. The lowest BCUT2D eigenvalue weighted by molar-refractivity contribution is -0.181. The number of rotatable bonds is 4. The third-order valence-corrected chi connectivity index (χ3v) is 5.50. The second kappa shape index (κ2) is 7.83. The van der Waals surface area contributed by atoms with Gasteiger partial charge in [0.15, 0.2) is 0 Å². The number of amides is 1. The van der Waals surface area contributed by atoms with Crippen LogP contribution in [0, 0.1) is 12.7 Å². The summed E-state index contributed by atoms with van der Waals surface area (Å²) < 4.78 is 54.1. The zero-order chi connectivity index (χ0) is 23.1. The van der Waals surface area contributed by atoms with Crippen LogP contribution in [0.15, 0.2) is 42.5 Å². The van der Waals surface area contributed by atoms with Gasteiger partial charge in [-0.25, -0.2) is 4.39 Å². The van der Waals surface area contributed by atoms with Gasteiger partial charge in [0.1, 0.15) is 11.2 Å². The first-order valence-electron chi connectivity index (χ1n) is 9.65. The van der Waals surface area contributed by atoms with Crippen LogP contribution < -0.4 is 11.1 Å². The summed E-state index contributed by atoms with van der Waals surface area (Å²) in [5.74, 6) is -0.957. The number of benzene rings is 2. The average Bonchev–Trinajstić information content (AvgIpc) is 2.68. The van der Waals surface area contributed by atoms with Gasteiger partial charge in [-0.2, -0.15) is 13.2 Å². The maximum absolute atomic E-state index is 14.2. The number of carbonyl (C=O) groups excluding carboxylic acids is 1. The number of halogens is 4. The van der Waals surface area contributed by atoms with Crippen molar-refractivity contribution in [1.82, 2.24) is 10.3 Å². The van der Waals surface area contributed by atoms with Crippen molar-refractivity contribution in [2.75, 3.05) is 5.73 Å². The van der Waals surface area contributed by atoms with Crippen LogP contribution in [0.25, 0.3) is 10.9 Å². The SMILES string of the molecule is Cc1cc([C@@H](C)NC(=O)c2ccc3nc(C(C)(C)C(F)(F)F)ccc3c2)c(F)cc1N. The molecule has 0 aliphatic rings. The van der Waals surface area contributed by atoms with Gasteiger partial charge in [-0.1, -0.05) is 6.07 Å². The molecule has 0 fully saturated rings. The number of pyridine rings is 1. The number of nitrogens with one attached hydrogen (secondary N) is 1. The first-order valence-corrected chi connectivity index (χ1v) is 9.65. The molecule has 8 heteroatoms. The van der Waals surface area contributed by atoms with Crippen LogP contribution in [0.4, 0.5) is 23.2 Å². The molecule has 0 saturated heterocycles. The van der Waals surface area contributed by atoms with Crippen molar-refractivity contribution < 1.29 is 22.4 Å². The zero-order valence-corrected chi connectivity index (χ0v) is 17.6. The molecule has 0 radical (unpaired) electrons. The summed E-state index contributed by atoms with van der Waals surface area (Å²) in [5, 5.41) is 3.26. The Morgan fingerprint density at radius 2 is 1.77 bits per heavy atom. The van der Waals surface area contributed by atoms with E-state index in [9.17, 15) is 22.4 Å². The Hall–Kier alpha value is -3.16. The van der Waals surface area contributed by atoms with E-state index in [1.165, 1.54) is 30.3 Å². The van der Waals surface area contributed by atoms with Crippen LogP contribution in [0.1, 0.15) is 54.0 Å². The van der Waals surface area contributed by atoms with Crippen LogP contribution in [-0.2, 0) is 5.41 Å². The van der Waals surface area contributed by atoms with Crippen LogP contribution >= 0.6 is 0 Å². The minimum Gasteiger partial charge on any atom is -0.398 e. The molecular weight excluding hydrogens is 410 g/mol. The van der Waals surface area contributed by atoms with Gasteiger partial charge in [0, 0.05) is 22.2 Å². The number of alkyl halides is 3. The maximum atomic E-state index is 14.2. The summed E-state index contributed by atoms with van der Waals surface area (Å²) in [6, 6.07) is 9.53. The molecule has 0 saturated carbocycles. The lowest BCUT2D eigenvalue weighted by Gasteiger charge is -2.27. The fourth-order valence-corrected chi connectivity index (χ4v) is 3.17. The molecule has 1 aromatic heterocycles. The second-order valence-corrected chi connectivity index (χ2v) is 8.15. The van der Waals surface area contributed by atoms with Crippen molar-refractivity contribution in [1.29, 1.82) is 0 Å². The van der Waals surface area contributed by atoms with Crippen molar-refractivity contribution in [2.24, 2.45) is 0 Å². The molecule has 1 atom stereocenters. The van der Waals surface area contributed by atoms with E-state index in [4.69, 9.17) is 5.73 Å². The van der Waals surface area contributed by atoms with Gasteiger partial charge in [0.05, 0.1) is 17.3 Å². The van der Waals surface area contributed by atoms with Crippen LogP contribution in [0.5, 0.6) is 0 Å². The molecule has 3 N–H and O–H groups in total. The number of anilines is 1. The highest BCUT2D eigenvalue weighted by Crippen LogP contribution is 2.40. The maximum Gasteiger partial charge on any atom is 0.399 e. The molecule has 0 aliphatic carbocycles. The van der Waals surface area contributed by atoms with E-state index in [1.54, 1.807) is 26.0 Å². The Kier molecular flexibility index (Phi) is 5.69. The molecule has 0 aliphatic heterocycles. The first kappa shape index (κ1) is 22.5. The van der Waals surface area contributed by atoms with E-state index in [-0.39, 0.29) is 11.3 Å². The smallest absolute Gasteiger partial charge is 0.398 e. The molecule has 0 unspecified atom stereocenters. The van der Waals surface area contributed by atoms with Crippen LogP contribution in [0.2, 0.25) is 0 Å². The fourth-order valence-electron chi connectivity index (χ4n) is 3.17. The van der Waals surface area contributed by atoms with E-state index in [0.29, 0.717) is 27.7 Å². The molecule has 0 spiro atoms. The van der Waals surface area contributed by atoms with Crippen molar-refractivity contribution in [3.05, 3.63) is 70.7 Å².